The van der Waals surface area contributed by atoms with Crippen LogP contribution in [0.5, 0.6) is 0 Å². The highest BCUT2D eigenvalue weighted by atomic mass is 19.1. The Kier molecular flexibility index (Phi) is 3.21. The van der Waals surface area contributed by atoms with Crippen LogP contribution in [0.3, 0.4) is 0 Å². The van der Waals surface area contributed by atoms with Crippen molar-refractivity contribution in [1.82, 2.24) is 0 Å². The number of nitrogens with two attached hydrogens (primary N) is 1. The number of rotatable bonds is 1. The van der Waals surface area contributed by atoms with E-state index in [-0.39, 0.29) is 11.6 Å². The van der Waals surface area contributed by atoms with E-state index in [0.29, 0.717) is 31.2 Å². The topological polar surface area (TPSA) is 26.0 Å². The summed E-state index contributed by atoms with van der Waals surface area (Å²) in [6.45, 7) is 3.60. The standard InChI is InChI=1S/C14H19F2N/c1-9-7-10(2)13(12(15)8-9)14(16)5-3-11(17)4-6-14/h7-8,11H,3-6,17H2,1-2H3. The number of hydrogen-bond acceptors (Lipinski definition) is 1. The van der Waals surface area contributed by atoms with Crippen molar-refractivity contribution < 1.29 is 8.78 Å². The van der Waals surface area contributed by atoms with Crippen LogP contribution in [0.25, 0.3) is 0 Å². The predicted octanol–water partition coefficient (Wildman–Crippen LogP) is 3.51. The molecule has 1 aliphatic rings. The zero-order valence-corrected chi connectivity index (χ0v) is 10.4. The summed E-state index contributed by atoms with van der Waals surface area (Å²) in [6.07, 6.45) is 1.91. The van der Waals surface area contributed by atoms with Crippen LogP contribution in [0.1, 0.15) is 42.4 Å². The van der Waals surface area contributed by atoms with Crippen molar-refractivity contribution in [3.05, 3.63) is 34.6 Å². The normalized spacial score (nSPS) is 29.4. The fourth-order valence-electron chi connectivity index (χ4n) is 2.83. The maximum absolute atomic E-state index is 14.8. The van der Waals surface area contributed by atoms with E-state index in [0.717, 1.165) is 5.56 Å². The molecule has 1 fully saturated rings. The molecule has 2 N–H and O–H groups in total. The quantitative estimate of drug-likeness (QED) is 0.797. The van der Waals surface area contributed by atoms with Gasteiger partial charge in [0.1, 0.15) is 11.5 Å². The third-order valence-electron chi connectivity index (χ3n) is 3.70. The molecule has 17 heavy (non-hydrogen) atoms. The van der Waals surface area contributed by atoms with Gasteiger partial charge in [-0.1, -0.05) is 6.07 Å². The van der Waals surface area contributed by atoms with Crippen LogP contribution in [0.4, 0.5) is 8.78 Å². The molecule has 0 saturated heterocycles. The minimum absolute atomic E-state index is 0.0627. The molecule has 0 atom stereocenters. The second kappa shape index (κ2) is 4.37. The molecule has 0 spiro atoms. The fraction of sp³-hybridized carbons (Fsp3) is 0.571. The highest BCUT2D eigenvalue weighted by molar-refractivity contribution is 5.36. The van der Waals surface area contributed by atoms with E-state index < -0.39 is 11.5 Å². The van der Waals surface area contributed by atoms with Gasteiger partial charge in [0.2, 0.25) is 0 Å². The molecule has 1 aromatic carbocycles. The molecule has 3 heteroatoms. The average molecular weight is 239 g/mol. The zero-order chi connectivity index (χ0) is 12.6. The first-order valence-electron chi connectivity index (χ1n) is 6.14. The molecule has 1 aliphatic carbocycles. The molecule has 0 unspecified atom stereocenters. The molecular formula is C14H19F2N. The predicted molar refractivity (Wildman–Crippen MR) is 65.1 cm³/mol. The molecule has 2 rings (SSSR count). The number of benzene rings is 1. The van der Waals surface area contributed by atoms with Crippen molar-refractivity contribution in [1.29, 1.82) is 0 Å². The fourth-order valence-corrected chi connectivity index (χ4v) is 2.83. The minimum atomic E-state index is -1.53. The number of halogens is 2. The van der Waals surface area contributed by atoms with Crippen molar-refractivity contribution in [3.63, 3.8) is 0 Å². The van der Waals surface area contributed by atoms with Crippen LogP contribution >= 0.6 is 0 Å². The van der Waals surface area contributed by atoms with Gasteiger partial charge in [0, 0.05) is 11.6 Å². The molecule has 1 aromatic rings. The van der Waals surface area contributed by atoms with Gasteiger partial charge in [0.15, 0.2) is 0 Å². The molecule has 1 saturated carbocycles. The lowest BCUT2D eigenvalue weighted by Crippen LogP contribution is -2.35. The minimum Gasteiger partial charge on any atom is -0.328 e. The van der Waals surface area contributed by atoms with E-state index in [1.165, 1.54) is 6.07 Å². The van der Waals surface area contributed by atoms with E-state index in [9.17, 15) is 8.78 Å². The Morgan fingerprint density at radius 3 is 2.35 bits per heavy atom. The highest BCUT2D eigenvalue weighted by Gasteiger charge is 2.39. The number of aryl methyl sites for hydroxylation is 2. The second-order valence-corrected chi connectivity index (χ2v) is 5.24. The van der Waals surface area contributed by atoms with Gasteiger partial charge in [-0.25, -0.2) is 8.78 Å². The van der Waals surface area contributed by atoms with E-state index >= 15 is 0 Å². The summed E-state index contributed by atoms with van der Waals surface area (Å²) in [5.74, 6) is -0.416. The Morgan fingerprint density at radius 1 is 1.24 bits per heavy atom. The van der Waals surface area contributed by atoms with Gasteiger partial charge in [0.05, 0.1) is 0 Å². The largest absolute Gasteiger partial charge is 0.328 e. The summed E-state index contributed by atoms with van der Waals surface area (Å²) in [4.78, 5) is 0. The average Bonchev–Trinajstić information content (AvgIpc) is 2.21. The summed E-state index contributed by atoms with van der Waals surface area (Å²) in [5.41, 5.74) is 6.03. The van der Waals surface area contributed by atoms with Gasteiger partial charge in [-0.15, -0.1) is 0 Å². The maximum Gasteiger partial charge on any atom is 0.139 e. The second-order valence-electron chi connectivity index (χ2n) is 5.24. The Labute approximate surface area is 101 Å². The van der Waals surface area contributed by atoms with Gasteiger partial charge in [-0.3, -0.25) is 0 Å². The summed E-state index contributed by atoms with van der Waals surface area (Å²) in [7, 11) is 0. The van der Waals surface area contributed by atoms with Crippen LogP contribution in [0.15, 0.2) is 12.1 Å². The summed E-state index contributed by atoms with van der Waals surface area (Å²) >= 11 is 0. The number of alkyl halides is 1. The molecule has 0 bridgehead atoms. The lowest BCUT2D eigenvalue weighted by molar-refractivity contribution is 0.0927. The lowest BCUT2D eigenvalue weighted by atomic mass is 9.77. The van der Waals surface area contributed by atoms with Crippen LogP contribution in [0, 0.1) is 19.7 Å². The lowest BCUT2D eigenvalue weighted by Gasteiger charge is -2.34. The summed E-state index contributed by atoms with van der Waals surface area (Å²) in [6, 6.07) is 3.32. The van der Waals surface area contributed by atoms with Gasteiger partial charge < -0.3 is 5.73 Å². The van der Waals surface area contributed by atoms with Crippen molar-refractivity contribution >= 4 is 0 Å². The Balaban J connectivity index is 2.39. The molecule has 0 aliphatic heterocycles. The van der Waals surface area contributed by atoms with Gasteiger partial charge >= 0.3 is 0 Å². The first kappa shape index (κ1) is 12.5. The summed E-state index contributed by atoms with van der Waals surface area (Å²) < 4.78 is 28.8. The van der Waals surface area contributed by atoms with E-state index in [1.54, 1.807) is 6.92 Å². The smallest absolute Gasteiger partial charge is 0.139 e. The molecule has 1 nitrogen and oxygen atoms in total. The summed E-state index contributed by atoms with van der Waals surface area (Å²) in [5, 5.41) is 0. The number of hydrogen-bond donors (Lipinski definition) is 1. The molecular weight excluding hydrogens is 220 g/mol. The van der Waals surface area contributed by atoms with Crippen LogP contribution in [-0.4, -0.2) is 6.04 Å². The van der Waals surface area contributed by atoms with E-state index in [4.69, 9.17) is 5.73 Å². The zero-order valence-electron chi connectivity index (χ0n) is 10.4. The van der Waals surface area contributed by atoms with Gasteiger partial charge in [-0.2, -0.15) is 0 Å². The first-order chi connectivity index (χ1) is 7.92. The van der Waals surface area contributed by atoms with Crippen molar-refractivity contribution in [2.45, 2.75) is 51.2 Å². The van der Waals surface area contributed by atoms with Gasteiger partial charge in [-0.05, 0) is 56.7 Å². The third kappa shape index (κ3) is 2.34. The molecule has 0 aromatic heterocycles. The SMILES string of the molecule is Cc1cc(C)c(C2(F)CCC(N)CC2)c(F)c1. The first-order valence-corrected chi connectivity index (χ1v) is 6.14. The van der Waals surface area contributed by atoms with E-state index in [1.807, 2.05) is 13.0 Å². The van der Waals surface area contributed by atoms with Crippen molar-refractivity contribution in [2.75, 3.05) is 0 Å². The highest BCUT2D eigenvalue weighted by Crippen LogP contribution is 2.43. The van der Waals surface area contributed by atoms with E-state index in [2.05, 4.69) is 0 Å². The van der Waals surface area contributed by atoms with Crippen LogP contribution in [0.2, 0.25) is 0 Å². The molecule has 0 radical (unpaired) electrons. The third-order valence-corrected chi connectivity index (χ3v) is 3.70. The monoisotopic (exact) mass is 239 g/mol. The molecule has 94 valence electrons. The Hall–Kier alpha value is -0.960. The molecule has 0 heterocycles. The van der Waals surface area contributed by atoms with Crippen LogP contribution < -0.4 is 5.73 Å². The molecule has 0 amide bonds. The van der Waals surface area contributed by atoms with Crippen LogP contribution in [-0.2, 0) is 5.67 Å². The van der Waals surface area contributed by atoms with Gasteiger partial charge in [0.25, 0.3) is 0 Å². The maximum atomic E-state index is 14.8. The Bertz CT molecular complexity index is 397. The van der Waals surface area contributed by atoms with Crippen molar-refractivity contribution in [2.24, 2.45) is 5.73 Å². The Morgan fingerprint density at radius 2 is 1.82 bits per heavy atom. The van der Waals surface area contributed by atoms with Crippen molar-refractivity contribution in [3.8, 4) is 0 Å².